The number of hydrogen-bond acceptors (Lipinski definition) is 4. The molecule has 0 fully saturated rings. The summed E-state index contributed by atoms with van der Waals surface area (Å²) < 4.78 is 5.53. The summed E-state index contributed by atoms with van der Waals surface area (Å²) >= 11 is 0. The highest BCUT2D eigenvalue weighted by atomic mass is 16.6. The lowest BCUT2D eigenvalue weighted by molar-refractivity contribution is -0.386. The third-order valence-electron chi connectivity index (χ3n) is 2.50. The Labute approximate surface area is 101 Å². The Hall–Kier alpha value is -1.62. The van der Waals surface area contributed by atoms with Crippen molar-refractivity contribution in [2.24, 2.45) is 0 Å². The van der Waals surface area contributed by atoms with Gasteiger partial charge in [0, 0.05) is 12.6 Å². The Morgan fingerprint density at radius 1 is 1.53 bits per heavy atom. The molecule has 5 heteroatoms. The fourth-order valence-corrected chi connectivity index (χ4v) is 1.42. The third kappa shape index (κ3) is 3.71. The zero-order valence-electron chi connectivity index (χ0n) is 10.4. The summed E-state index contributed by atoms with van der Waals surface area (Å²) in [5.41, 5.74) is 0.897. The SMILES string of the molecule is CCC(C)Oc1ccc(CNC)cc1[N+](=O)[O-]. The summed E-state index contributed by atoms with van der Waals surface area (Å²) in [7, 11) is 1.80. The van der Waals surface area contributed by atoms with E-state index >= 15 is 0 Å². The van der Waals surface area contributed by atoms with Crippen molar-refractivity contribution in [2.75, 3.05) is 7.05 Å². The molecule has 0 aliphatic rings. The van der Waals surface area contributed by atoms with Crippen LogP contribution in [0.1, 0.15) is 25.8 Å². The normalized spacial score (nSPS) is 12.2. The van der Waals surface area contributed by atoms with Crippen LogP contribution in [0.3, 0.4) is 0 Å². The van der Waals surface area contributed by atoms with E-state index in [0.29, 0.717) is 12.3 Å². The first-order chi connectivity index (χ1) is 8.08. The molecule has 0 saturated carbocycles. The average Bonchev–Trinajstić information content (AvgIpc) is 2.31. The van der Waals surface area contributed by atoms with Crippen molar-refractivity contribution in [2.45, 2.75) is 32.9 Å². The van der Waals surface area contributed by atoms with Gasteiger partial charge in [0.25, 0.3) is 0 Å². The van der Waals surface area contributed by atoms with Crippen LogP contribution >= 0.6 is 0 Å². The summed E-state index contributed by atoms with van der Waals surface area (Å²) in [6.07, 6.45) is 0.791. The molecule has 0 radical (unpaired) electrons. The lowest BCUT2D eigenvalue weighted by Crippen LogP contribution is -2.11. The molecule has 0 amide bonds. The Morgan fingerprint density at radius 2 is 2.24 bits per heavy atom. The zero-order chi connectivity index (χ0) is 12.8. The van der Waals surface area contributed by atoms with Gasteiger partial charge in [-0.05, 0) is 32.0 Å². The van der Waals surface area contributed by atoms with E-state index in [0.717, 1.165) is 12.0 Å². The first kappa shape index (κ1) is 13.4. The van der Waals surface area contributed by atoms with Crippen LogP contribution in [0.5, 0.6) is 5.75 Å². The molecule has 0 bridgehead atoms. The van der Waals surface area contributed by atoms with Crippen LogP contribution in [-0.4, -0.2) is 18.1 Å². The monoisotopic (exact) mass is 238 g/mol. The van der Waals surface area contributed by atoms with Crippen LogP contribution in [0, 0.1) is 10.1 Å². The maximum absolute atomic E-state index is 11.0. The molecule has 1 rings (SSSR count). The van der Waals surface area contributed by atoms with Crippen molar-refractivity contribution in [3.8, 4) is 5.75 Å². The van der Waals surface area contributed by atoms with Gasteiger partial charge in [-0.2, -0.15) is 0 Å². The van der Waals surface area contributed by atoms with E-state index in [1.165, 1.54) is 0 Å². The second-order valence-corrected chi connectivity index (χ2v) is 3.93. The van der Waals surface area contributed by atoms with Crippen LogP contribution in [0.25, 0.3) is 0 Å². The first-order valence-electron chi connectivity index (χ1n) is 5.67. The maximum atomic E-state index is 11.0. The predicted molar refractivity (Wildman–Crippen MR) is 66.2 cm³/mol. The van der Waals surface area contributed by atoms with E-state index in [1.807, 2.05) is 19.9 Å². The van der Waals surface area contributed by atoms with Crippen molar-refractivity contribution < 1.29 is 9.66 Å². The van der Waals surface area contributed by atoms with Gasteiger partial charge in [-0.1, -0.05) is 13.0 Å². The molecule has 0 aliphatic carbocycles. The van der Waals surface area contributed by atoms with E-state index in [9.17, 15) is 10.1 Å². The first-order valence-corrected chi connectivity index (χ1v) is 5.67. The molecule has 1 aromatic rings. The molecule has 0 aromatic heterocycles. The second kappa shape index (κ2) is 6.20. The molecule has 0 heterocycles. The minimum atomic E-state index is -0.406. The molecule has 1 N–H and O–H groups in total. The molecule has 1 atom stereocenters. The van der Waals surface area contributed by atoms with Gasteiger partial charge in [0.2, 0.25) is 0 Å². The third-order valence-corrected chi connectivity index (χ3v) is 2.50. The number of nitro benzene ring substituents is 1. The molecule has 0 spiro atoms. The number of benzene rings is 1. The molecule has 0 saturated heterocycles. The lowest BCUT2D eigenvalue weighted by atomic mass is 10.2. The highest BCUT2D eigenvalue weighted by Crippen LogP contribution is 2.29. The highest BCUT2D eigenvalue weighted by Gasteiger charge is 2.17. The Kier molecular flexibility index (Phi) is 4.90. The highest BCUT2D eigenvalue weighted by molar-refractivity contribution is 5.48. The smallest absolute Gasteiger partial charge is 0.311 e. The molecule has 94 valence electrons. The van der Waals surface area contributed by atoms with Crippen molar-refractivity contribution in [1.29, 1.82) is 0 Å². The largest absolute Gasteiger partial charge is 0.484 e. The summed E-state index contributed by atoms with van der Waals surface area (Å²) in [5.74, 6) is 0.337. The quantitative estimate of drug-likeness (QED) is 0.611. The summed E-state index contributed by atoms with van der Waals surface area (Å²) in [6.45, 7) is 4.47. The number of nitro groups is 1. The summed E-state index contributed by atoms with van der Waals surface area (Å²) in [6, 6.07) is 5.05. The van der Waals surface area contributed by atoms with E-state index in [-0.39, 0.29) is 11.8 Å². The standard InChI is InChI=1S/C12H18N2O3/c1-4-9(2)17-12-6-5-10(8-13-3)7-11(12)14(15)16/h5-7,9,13H,4,8H2,1-3H3. The van der Waals surface area contributed by atoms with Gasteiger partial charge in [0.15, 0.2) is 5.75 Å². The fraction of sp³-hybridized carbons (Fsp3) is 0.500. The number of ether oxygens (including phenoxy) is 1. The average molecular weight is 238 g/mol. The van der Waals surface area contributed by atoms with Gasteiger partial charge in [-0.25, -0.2) is 0 Å². The molecule has 0 aliphatic heterocycles. The van der Waals surface area contributed by atoms with Crippen LogP contribution in [0.4, 0.5) is 5.69 Å². The second-order valence-electron chi connectivity index (χ2n) is 3.93. The summed E-state index contributed by atoms with van der Waals surface area (Å²) in [5, 5.41) is 13.9. The van der Waals surface area contributed by atoms with Gasteiger partial charge in [-0.15, -0.1) is 0 Å². The van der Waals surface area contributed by atoms with E-state index in [4.69, 9.17) is 4.74 Å². The van der Waals surface area contributed by atoms with Gasteiger partial charge >= 0.3 is 5.69 Å². The van der Waals surface area contributed by atoms with E-state index in [2.05, 4.69) is 5.32 Å². The lowest BCUT2D eigenvalue weighted by Gasteiger charge is -2.13. The Morgan fingerprint density at radius 3 is 2.76 bits per heavy atom. The van der Waals surface area contributed by atoms with Crippen molar-refractivity contribution in [3.63, 3.8) is 0 Å². The van der Waals surface area contributed by atoms with E-state index in [1.54, 1.807) is 19.2 Å². The van der Waals surface area contributed by atoms with Crippen LogP contribution < -0.4 is 10.1 Å². The van der Waals surface area contributed by atoms with Gasteiger partial charge in [0.1, 0.15) is 0 Å². The zero-order valence-corrected chi connectivity index (χ0v) is 10.4. The van der Waals surface area contributed by atoms with Crippen LogP contribution in [-0.2, 0) is 6.54 Å². The van der Waals surface area contributed by atoms with Crippen LogP contribution in [0.2, 0.25) is 0 Å². The number of rotatable bonds is 6. The molecular weight excluding hydrogens is 220 g/mol. The molecule has 1 unspecified atom stereocenters. The van der Waals surface area contributed by atoms with E-state index < -0.39 is 4.92 Å². The van der Waals surface area contributed by atoms with Crippen molar-refractivity contribution >= 4 is 5.69 Å². The summed E-state index contributed by atoms with van der Waals surface area (Å²) in [4.78, 5) is 10.5. The number of nitrogens with one attached hydrogen (secondary N) is 1. The van der Waals surface area contributed by atoms with Gasteiger partial charge in [0.05, 0.1) is 11.0 Å². The minimum absolute atomic E-state index is 0.0242. The van der Waals surface area contributed by atoms with Gasteiger partial charge < -0.3 is 10.1 Å². The molecule has 5 nitrogen and oxygen atoms in total. The van der Waals surface area contributed by atoms with Crippen molar-refractivity contribution in [1.82, 2.24) is 5.32 Å². The van der Waals surface area contributed by atoms with Crippen molar-refractivity contribution in [3.05, 3.63) is 33.9 Å². The fourth-order valence-electron chi connectivity index (χ4n) is 1.42. The Bertz CT molecular complexity index is 393. The minimum Gasteiger partial charge on any atom is -0.484 e. The predicted octanol–water partition coefficient (Wildman–Crippen LogP) is 2.49. The van der Waals surface area contributed by atoms with Gasteiger partial charge in [-0.3, -0.25) is 10.1 Å². The number of nitrogens with zero attached hydrogens (tertiary/aromatic N) is 1. The molecular formula is C12H18N2O3. The van der Waals surface area contributed by atoms with Crippen LogP contribution in [0.15, 0.2) is 18.2 Å². The molecule has 17 heavy (non-hydrogen) atoms. The maximum Gasteiger partial charge on any atom is 0.311 e. The number of hydrogen-bond donors (Lipinski definition) is 1. The molecule has 1 aromatic carbocycles. The Balaban J connectivity index is 3.00. The topological polar surface area (TPSA) is 64.4 Å².